The van der Waals surface area contributed by atoms with Gasteiger partial charge in [-0.2, -0.15) is 0 Å². The molecule has 5 nitrogen and oxygen atoms in total. The van der Waals surface area contributed by atoms with Crippen molar-refractivity contribution in [1.82, 2.24) is 4.90 Å². The number of aliphatic hydroxyl groups excluding tert-OH is 1. The minimum absolute atomic E-state index is 0.202. The van der Waals surface area contributed by atoms with Gasteiger partial charge in [0.05, 0.1) is 25.4 Å². The summed E-state index contributed by atoms with van der Waals surface area (Å²) in [4.78, 5) is 4.66. The number of nitrogens with zero attached hydrogens (tertiary/aromatic N) is 2. The number of hydrogen-bond donors (Lipinski definition) is 1. The SMILES string of the molecule is COc1cccc(N2CCN(CC(O)COC(C)(C)C)CC2)c1. The van der Waals surface area contributed by atoms with Gasteiger partial charge in [-0.25, -0.2) is 0 Å². The van der Waals surface area contributed by atoms with Crippen LogP contribution in [0.3, 0.4) is 0 Å². The van der Waals surface area contributed by atoms with Crippen molar-refractivity contribution in [3.8, 4) is 5.75 Å². The molecule has 1 aliphatic heterocycles. The van der Waals surface area contributed by atoms with Gasteiger partial charge >= 0.3 is 0 Å². The summed E-state index contributed by atoms with van der Waals surface area (Å²) in [6, 6.07) is 8.17. The van der Waals surface area contributed by atoms with Crippen LogP contribution >= 0.6 is 0 Å². The van der Waals surface area contributed by atoms with Gasteiger partial charge in [0.2, 0.25) is 0 Å². The average Bonchev–Trinajstić information content (AvgIpc) is 2.53. The quantitative estimate of drug-likeness (QED) is 0.868. The van der Waals surface area contributed by atoms with Gasteiger partial charge in [-0.3, -0.25) is 4.90 Å². The van der Waals surface area contributed by atoms with E-state index in [1.807, 2.05) is 32.9 Å². The molecule has 1 fully saturated rings. The average molecular weight is 322 g/mol. The topological polar surface area (TPSA) is 45.2 Å². The first kappa shape index (κ1) is 18.0. The highest BCUT2D eigenvalue weighted by atomic mass is 16.5. The van der Waals surface area contributed by atoms with Crippen molar-refractivity contribution in [3.05, 3.63) is 24.3 Å². The maximum absolute atomic E-state index is 10.1. The number of methoxy groups -OCH3 is 1. The number of β-amino-alcohol motifs (C(OH)–C–C–N with tert-alkyl or cyclic N) is 1. The van der Waals surface area contributed by atoms with Gasteiger partial charge in [-0.15, -0.1) is 0 Å². The van der Waals surface area contributed by atoms with Gasteiger partial charge in [0.1, 0.15) is 5.75 Å². The molecule has 0 spiro atoms. The van der Waals surface area contributed by atoms with Gasteiger partial charge in [0.25, 0.3) is 0 Å². The van der Waals surface area contributed by atoms with E-state index in [2.05, 4.69) is 21.9 Å². The standard InChI is InChI=1S/C18H30N2O3/c1-18(2,3)23-14-16(21)13-19-8-10-20(11-9-19)15-6-5-7-17(12-15)22-4/h5-7,12,16,21H,8-11,13-14H2,1-4H3. The van der Waals surface area contributed by atoms with Gasteiger partial charge in [0, 0.05) is 44.5 Å². The molecule has 0 amide bonds. The molecule has 23 heavy (non-hydrogen) atoms. The fourth-order valence-electron chi connectivity index (χ4n) is 2.69. The summed E-state index contributed by atoms with van der Waals surface area (Å²) in [5.41, 5.74) is 0.993. The highest BCUT2D eigenvalue weighted by Crippen LogP contribution is 2.22. The molecule has 0 aromatic heterocycles. The molecule has 0 radical (unpaired) electrons. The summed E-state index contributed by atoms with van der Waals surface area (Å²) in [5.74, 6) is 0.889. The monoisotopic (exact) mass is 322 g/mol. The van der Waals surface area contributed by atoms with Crippen LogP contribution < -0.4 is 9.64 Å². The molecule has 130 valence electrons. The van der Waals surface area contributed by atoms with Crippen molar-refractivity contribution in [1.29, 1.82) is 0 Å². The van der Waals surface area contributed by atoms with E-state index in [4.69, 9.17) is 9.47 Å². The molecule has 2 rings (SSSR count). The molecule has 1 N–H and O–H groups in total. The minimum Gasteiger partial charge on any atom is -0.497 e. The van der Waals surface area contributed by atoms with E-state index in [-0.39, 0.29) is 5.60 Å². The molecule has 1 heterocycles. The molecule has 1 aromatic carbocycles. The molecular formula is C18H30N2O3. The van der Waals surface area contributed by atoms with Crippen LogP contribution in [-0.4, -0.2) is 68.2 Å². The third-order valence-electron chi connectivity index (χ3n) is 3.97. The molecule has 0 saturated carbocycles. The summed E-state index contributed by atoms with van der Waals surface area (Å²) >= 11 is 0. The molecule has 1 saturated heterocycles. The highest BCUT2D eigenvalue weighted by molar-refractivity contribution is 5.51. The van der Waals surface area contributed by atoms with Crippen LogP contribution in [-0.2, 0) is 4.74 Å². The molecule has 1 atom stereocenters. The summed E-state index contributed by atoms with van der Waals surface area (Å²) in [6.07, 6.45) is -0.433. The molecule has 1 aromatic rings. The fraction of sp³-hybridized carbons (Fsp3) is 0.667. The van der Waals surface area contributed by atoms with Crippen LogP contribution in [0.25, 0.3) is 0 Å². The Morgan fingerprint density at radius 3 is 2.48 bits per heavy atom. The maximum atomic E-state index is 10.1. The van der Waals surface area contributed by atoms with E-state index in [9.17, 15) is 5.11 Å². The zero-order valence-electron chi connectivity index (χ0n) is 14.8. The Kier molecular flexibility index (Phi) is 6.27. The van der Waals surface area contributed by atoms with Crippen LogP contribution in [0.15, 0.2) is 24.3 Å². The highest BCUT2D eigenvalue weighted by Gasteiger charge is 2.21. The largest absolute Gasteiger partial charge is 0.497 e. The smallest absolute Gasteiger partial charge is 0.120 e. The van der Waals surface area contributed by atoms with E-state index in [0.29, 0.717) is 13.2 Å². The normalized spacial score (nSPS) is 18.0. The number of piperazine rings is 1. The van der Waals surface area contributed by atoms with E-state index in [0.717, 1.165) is 31.9 Å². The number of aliphatic hydroxyl groups is 1. The number of benzene rings is 1. The van der Waals surface area contributed by atoms with Crippen molar-refractivity contribution >= 4 is 5.69 Å². The third kappa shape index (κ3) is 6.01. The first-order valence-electron chi connectivity index (χ1n) is 8.31. The third-order valence-corrected chi connectivity index (χ3v) is 3.97. The minimum atomic E-state index is -0.433. The predicted molar refractivity (Wildman–Crippen MR) is 93.4 cm³/mol. The number of anilines is 1. The molecular weight excluding hydrogens is 292 g/mol. The summed E-state index contributed by atoms with van der Waals surface area (Å²) in [7, 11) is 1.69. The molecule has 1 unspecified atom stereocenters. The lowest BCUT2D eigenvalue weighted by atomic mass is 10.2. The number of hydrogen-bond acceptors (Lipinski definition) is 5. The Hall–Kier alpha value is -1.30. The summed E-state index contributed by atoms with van der Waals surface area (Å²) < 4.78 is 10.9. The molecule has 1 aliphatic rings. The van der Waals surface area contributed by atoms with Gasteiger partial charge in [-0.1, -0.05) is 6.07 Å². The molecule has 0 aliphatic carbocycles. The van der Waals surface area contributed by atoms with Crippen LogP contribution in [0, 0.1) is 0 Å². The first-order valence-corrected chi connectivity index (χ1v) is 8.31. The summed E-state index contributed by atoms with van der Waals surface area (Å²) in [5, 5.41) is 10.1. The van der Waals surface area contributed by atoms with Crippen LogP contribution in [0.1, 0.15) is 20.8 Å². The van der Waals surface area contributed by atoms with Gasteiger partial charge < -0.3 is 19.5 Å². The van der Waals surface area contributed by atoms with Crippen molar-refractivity contribution in [2.24, 2.45) is 0 Å². The second-order valence-electron chi connectivity index (χ2n) is 7.07. The lowest BCUT2D eigenvalue weighted by Gasteiger charge is -2.37. The number of rotatable bonds is 6. The van der Waals surface area contributed by atoms with Crippen LogP contribution in [0.4, 0.5) is 5.69 Å². The van der Waals surface area contributed by atoms with Gasteiger partial charge in [0.15, 0.2) is 0 Å². The lowest BCUT2D eigenvalue weighted by Crippen LogP contribution is -2.49. The van der Waals surface area contributed by atoms with Crippen molar-refractivity contribution in [2.45, 2.75) is 32.5 Å². The van der Waals surface area contributed by atoms with Gasteiger partial charge in [-0.05, 0) is 32.9 Å². The Balaban J connectivity index is 1.77. The Bertz CT molecular complexity index is 479. The fourth-order valence-corrected chi connectivity index (χ4v) is 2.69. The van der Waals surface area contributed by atoms with Crippen molar-refractivity contribution in [2.75, 3.05) is 51.3 Å². The Morgan fingerprint density at radius 2 is 1.87 bits per heavy atom. The zero-order chi connectivity index (χ0) is 16.9. The molecule has 0 bridgehead atoms. The molecule has 5 heteroatoms. The second-order valence-corrected chi connectivity index (χ2v) is 7.07. The summed E-state index contributed by atoms with van der Waals surface area (Å²) in [6.45, 7) is 10.9. The zero-order valence-corrected chi connectivity index (χ0v) is 14.8. The van der Waals surface area contributed by atoms with Crippen LogP contribution in [0.2, 0.25) is 0 Å². The second kappa shape index (κ2) is 7.99. The van der Waals surface area contributed by atoms with E-state index in [1.165, 1.54) is 5.69 Å². The van der Waals surface area contributed by atoms with E-state index in [1.54, 1.807) is 7.11 Å². The van der Waals surface area contributed by atoms with Crippen molar-refractivity contribution < 1.29 is 14.6 Å². The number of ether oxygens (including phenoxy) is 2. The van der Waals surface area contributed by atoms with E-state index >= 15 is 0 Å². The van der Waals surface area contributed by atoms with E-state index < -0.39 is 6.10 Å². The van der Waals surface area contributed by atoms with Crippen LogP contribution in [0.5, 0.6) is 5.75 Å². The lowest BCUT2D eigenvalue weighted by molar-refractivity contribution is -0.0563. The predicted octanol–water partition coefficient (Wildman–Crippen LogP) is 1.99. The first-order chi connectivity index (χ1) is 10.9. The Labute approximate surface area is 139 Å². The maximum Gasteiger partial charge on any atom is 0.120 e. The van der Waals surface area contributed by atoms with Crippen molar-refractivity contribution in [3.63, 3.8) is 0 Å². The Morgan fingerprint density at radius 1 is 1.17 bits per heavy atom.